The van der Waals surface area contributed by atoms with Crippen molar-refractivity contribution >= 4 is 11.7 Å². The zero-order valence-corrected chi connectivity index (χ0v) is 11.3. The molecule has 4 nitrogen and oxygen atoms in total. The van der Waals surface area contributed by atoms with Crippen LogP contribution in [0, 0.1) is 0 Å². The lowest BCUT2D eigenvalue weighted by atomic mass is 10.1. The van der Waals surface area contributed by atoms with Crippen LogP contribution in [0.2, 0.25) is 0 Å². The molecular formula is C14H21NO3. The molecule has 0 aliphatic carbocycles. The minimum Gasteiger partial charge on any atom is -0.497 e. The number of rotatable bonds is 7. The number of benzene rings is 1. The summed E-state index contributed by atoms with van der Waals surface area (Å²) in [5.41, 5.74) is 1.02. The Balaban J connectivity index is 2.92. The van der Waals surface area contributed by atoms with Crippen molar-refractivity contribution in [2.24, 2.45) is 0 Å². The van der Waals surface area contributed by atoms with Crippen LogP contribution in [0.4, 0.5) is 5.69 Å². The summed E-state index contributed by atoms with van der Waals surface area (Å²) in [6.07, 6.45) is 3.36. The van der Waals surface area contributed by atoms with Crippen LogP contribution < -0.4 is 9.64 Å². The fraction of sp³-hybridized carbons (Fsp3) is 0.500. The molecule has 0 unspecified atom stereocenters. The van der Waals surface area contributed by atoms with Crippen molar-refractivity contribution in [2.45, 2.75) is 26.2 Å². The zero-order valence-electron chi connectivity index (χ0n) is 11.3. The Kier molecular flexibility index (Phi) is 5.49. The highest BCUT2D eigenvalue weighted by molar-refractivity contribution is 5.94. The van der Waals surface area contributed by atoms with Gasteiger partial charge in [0.05, 0.1) is 18.4 Å². The summed E-state index contributed by atoms with van der Waals surface area (Å²) >= 11 is 0. The van der Waals surface area contributed by atoms with Crippen molar-refractivity contribution in [3.63, 3.8) is 0 Å². The molecule has 100 valence electrons. The summed E-state index contributed by atoms with van der Waals surface area (Å²) in [6, 6.07) is 5.04. The number of carboxylic acids is 1. The van der Waals surface area contributed by atoms with E-state index >= 15 is 0 Å². The lowest BCUT2D eigenvalue weighted by molar-refractivity contribution is 0.0697. The Bertz CT molecular complexity index is 404. The molecule has 1 rings (SSSR count). The largest absolute Gasteiger partial charge is 0.497 e. The van der Waals surface area contributed by atoms with Crippen LogP contribution in [0.5, 0.6) is 5.75 Å². The molecule has 0 saturated heterocycles. The van der Waals surface area contributed by atoms with Crippen LogP contribution in [-0.2, 0) is 0 Å². The van der Waals surface area contributed by atoms with Gasteiger partial charge in [0.15, 0.2) is 0 Å². The molecule has 0 spiro atoms. The Morgan fingerprint density at radius 1 is 1.39 bits per heavy atom. The summed E-state index contributed by atoms with van der Waals surface area (Å²) in [5.74, 6) is -0.229. The Hall–Kier alpha value is -1.71. The number of unbranched alkanes of at least 4 members (excludes halogenated alkanes) is 2. The molecule has 0 saturated carbocycles. The van der Waals surface area contributed by atoms with E-state index < -0.39 is 5.97 Å². The number of methoxy groups -OCH3 is 1. The van der Waals surface area contributed by atoms with Crippen molar-refractivity contribution in [2.75, 3.05) is 25.6 Å². The van der Waals surface area contributed by atoms with Crippen LogP contribution in [0.25, 0.3) is 0 Å². The molecule has 0 amide bonds. The highest BCUT2D eigenvalue weighted by atomic mass is 16.5. The second-order valence-corrected chi connectivity index (χ2v) is 4.32. The fourth-order valence-electron chi connectivity index (χ4n) is 1.85. The molecule has 1 N–H and O–H groups in total. The Morgan fingerprint density at radius 2 is 2.11 bits per heavy atom. The topological polar surface area (TPSA) is 49.8 Å². The van der Waals surface area contributed by atoms with E-state index in [1.54, 1.807) is 25.3 Å². The number of ether oxygens (including phenoxy) is 1. The van der Waals surface area contributed by atoms with Gasteiger partial charge in [0.25, 0.3) is 0 Å². The maximum atomic E-state index is 11.2. The van der Waals surface area contributed by atoms with Gasteiger partial charge in [-0.25, -0.2) is 4.79 Å². The van der Waals surface area contributed by atoms with Crippen LogP contribution in [0.15, 0.2) is 18.2 Å². The van der Waals surface area contributed by atoms with E-state index in [0.29, 0.717) is 17.0 Å². The average Bonchev–Trinajstić information content (AvgIpc) is 2.38. The van der Waals surface area contributed by atoms with E-state index in [1.807, 2.05) is 11.9 Å². The van der Waals surface area contributed by atoms with Gasteiger partial charge in [-0.2, -0.15) is 0 Å². The summed E-state index contributed by atoms with van der Waals surface area (Å²) in [5, 5.41) is 9.18. The smallest absolute Gasteiger partial charge is 0.337 e. The highest BCUT2D eigenvalue weighted by Crippen LogP contribution is 2.25. The first-order valence-electron chi connectivity index (χ1n) is 6.22. The number of hydrogen-bond acceptors (Lipinski definition) is 3. The molecule has 0 aliphatic rings. The highest BCUT2D eigenvalue weighted by Gasteiger charge is 2.14. The van der Waals surface area contributed by atoms with E-state index in [1.165, 1.54) is 0 Å². The van der Waals surface area contributed by atoms with Gasteiger partial charge in [0, 0.05) is 19.7 Å². The van der Waals surface area contributed by atoms with Gasteiger partial charge < -0.3 is 14.7 Å². The van der Waals surface area contributed by atoms with E-state index in [0.717, 1.165) is 25.8 Å². The third-order valence-corrected chi connectivity index (χ3v) is 2.94. The number of nitrogens with zero attached hydrogens (tertiary/aromatic N) is 1. The van der Waals surface area contributed by atoms with Gasteiger partial charge in [0.1, 0.15) is 5.75 Å². The minimum atomic E-state index is -0.907. The molecule has 0 fully saturated rings. The predicted molar refractivity (Wildman–Crippen MR) is 72.7 cm³/mol. The molecule has 0 aromatic heterocycles. The molecule has 18 heavy (non-hydrogen) atoms. The molecule has 0 aliphatic heterocycles. The number of carboxylic acid groups (broad SMARTS) is 1. The van der Waals surface area contributed by atoms with E-state index in [-0.39, 0.29) is 0 Å². The molecule has 0 radical (unpaired) electrons. The van der Waals surface area contributed by atoms with Gasteiger partial charge in [-0.1, -0.05) is 19.8 Å². The van der Waals surface area contributed by atoms with Gasteiger partial charge in [-0.15, -0.1) is 0 Å². The van der Waals surface area contributed by atoms with E-state index in [4.69, 9.17) is 4.74 Å². The Morgan fingerprint density at radius 3 is 2.67 bits per heavy atom. The third-order valence-electron chi connectivity index (χ3n) is 2.94. The lowest BCUT2D eigenvalue weighted by Crippen LogP contribution is -2.21. The molecule has 4 heteroatoms. The van der Waals surface area contributed by atoms with E-state index in [9.17, 15) is 9.90 Å². The van der Waals surface area contributed by atoms with Crippen molar-refractivity contribution in [1.82, 2.24) is 0 Å². The number of aromatic carboxylic acids is 1. The molecule has 0 bridgehead atoms. The van der Waals surface area contributed by atoms with Crippen LogP contribution in [0.3, 0.4) is 0 Å². The maximum Gasteiger partial charge on any atom is 0.337 e. The monoisotopic (exact) mass is 251 g/mol. The van der Waals surface area contributed by atoms with Gasteiger partial charge in [-0.05, 0) is 18.6 Å². The first kappa shape index (κ1) is 14.4. The molecule has 0 atom stereocenters. The summed E-state index contributed by atoms with van der Waals surface area (Å²) in [7, 11) is 3.49. The number of anilines is 1. The van der Waals surface area contributed by atoms with Crippen LogP contribution in [-0.4, -0.2) is 31.8 Å². The second kappa shape index (κ2) is 6.89. The van der Waals surface area contributed by atoms with Crippen molar-refractivity contribution in [3.8, 4) is 5.75 Å². The van der Waals surface area contributed by atoms with Crippen LogP contribution >= 0.6 is 0 Å². The molecule has 1 aromatic carbocycles. The second-order valence-electron chi connectivity index (χ2n) is 4.32. The minimum absolute atomic E-state index is 0.315. The molecule has 0 heterocycles. The average molecular weight is 251 g/mol. The first-order chi connectivity index (χ1) is 8.60. The quantitative estimate of drug-likeness (QED) is 0.757. The van der Waals surface area contributed by atoms with E-state index in [2.05, 4.69) is 6.92 Å². The van der Waals surface area contributed by atoms with Crippen molar-refractivity contribution in [3.05, 3.63) is 23.8 Å². The third kappa shape index (κ3) is 3.65. The summed E-state index contributed by atoms with van der Waals surface area (Å²) in [6.45, 7) is 3.00. The zero-order chi connectivity index (χ0) is 13.5. The number of hydrogen-bond donors (Lipinski definition) is 1. The SMILES string of the molecule is CCCCCN(C)c1cc(OC)ccc1C(=O)O. The van der Waals surface area contributed by atoms with Gasteiger partial charge in [0.2, 0.25) is 0 Å². The fourth-order valence-corrected chi connectivity index (χ4v) is 1.85. The van der Waals surface area contributed by atoms with Crippen LogP contribution in [0.1, 0.15) is 36.5 Å². The predicted octanol–water partition coefficient (Wildman–Crippen LogP) is 3.02. The summed E-state index contributed by atoms with van der Waals surface area (Å²) < 4.78 is 5.15. The lowest BCUT2D eigenvalue weighted by Gasteiger charge is -2.21. The molecule has 1 aromatic rings. The van der Waals surface area contributed by atoms with Crippen molar-refractivity contribution in [1.29, 1.82) is 0 Å². The number of carbonyl (C=O) groups is 1. The molecular weight excluding hydrogens is 230 g/mol. The Labute approximate surface area is 108 Å². The van der Waals surface area contributed by atoms with Crippen molar-refractivity contribution < 1.29 is 14.6 Å². The summed E-state index contributed by atoms with van der Waals surface area (Å²) in [4.78, 5) is 13.2. The van der Waals surface area contributed by atoms with Gasteiger partial charge in [-0.3, -0.25) is 0 Å². The maximum absolute atomic E-state index is 11.2. The normalized spacial score (nSPS) is 10.2. The first-order valence-corrected chi connectivity index (χ1v) is 6.22. The van der Waals surface area contributed by atoms with Gasteiger partial charge >= 0.3 is 5.97 Å². The standard InChI is InChI=1S/C14H21NO3/c1-4-5-6-9-15(2)13-10-11(18-3)7-8-12(13)14(16)17/h7-8,10H,4-6,9H2,1-3H3,(H,16,17).